The van der Waals surface area contributed by atoms with Crippen molar-refractivity contribution in [2.75, 3.05) is 12.1 Å². The van der Waals surface area contributed by atoms with Crippen LogP contribution in [-0.4, -0.2) is 45.0 Å². The average molecular weight is 357 g/mol. The second kappa shape index (κ2) is 6.84. The lowest BCUT2D eigenvalue weighted by Crippen LogP contribution is -2.61. The molecule has 138 valence electrons. The molecule has 2 N–H and O–H groups in total. The quantitative estimate of drug-likeness (QED) is 0.865. The molecular weight excluding hydrogens is 334 g/mol. The number of fused-ring (bicyclic) bond motifs is 1. The fourth-order valence-electron chi connectivity index (χ4n) is 3.39. The number of aromatic nitrogens is 1. The first-order chi connectivity index (χ1) is 12.4. The fraction of sp³-hybridized carbons (Fsp3) is 0.368. The molecule has 0 unspecified atom stereocenters. The highest BCUT2D eigenvalue weighted by Crippen LogP contribution is 2.32. The lowest BCUT2D eigenvalue weighted by atomic mass is 9.98. The van der Waals surface area contributed by atoms with Gasteiger partial charge in [-0.1, -0.05) is 37.3 Å². The van der Waals surface area contributed by atoms with Crippen LogP contribution in [-0.2, 0) is 0 Å². The van der Waals surface area contributed by atoms with Crippen molar-refractivity contribution in [3.8, 4) is 5.75 Å². The molecule has 3 atom stereocenters. The largest absolute Gasteiger partial charge is 0.502 e. The molecule has 3 rings (SSSR count). The number of nitrogens with zero attached hydrogens (tertiary/aromatic N) is 3. The molecule has 1 aliphatic heterocycles. The Hall–Kier alpha value is -2.80. The van der Waals surface area contributed by atoms with E-state index in [0.29, 0.717) is 6.42 Å². The van der Waals surface area contributed by atoms with Gasteiger partial charge in [-0.3, -0.25) is 19.3 Å². The van der Waals surface area contributed by atoms with Crippen molar-refractivity contribution in [2.45, 2.75) is 38.6 Å². The van der Waals surface area contributed by atoms with Crippen LogP contribution < -0.4 is 10.4 Å². The molecule has 0 saturated carbocycles. The summed E-state index contributed by atoms with van der Waals surface area (Å²) in [7, 11) is 1.61. The summed E-state index contributed by atoms with van der Waals surface area (Å²) in [5.41, 5.74) is 0.169. The minimum Gasteiger partial charge on any atom is -0.502 e. The van der Waals surface area contributed by atoms with E-state index in [4.69, 9.17) is 0 Å². The molecule has 1 amide bonds. The minimum absolute atomic E-state index is 0.0951. The summed E-state index contributed by atoms with van der Waals surface area (Å²) in [6, 6.07) is 10.2. The Morgan fingerprint density at radius 1 is 1.15 bits per heavy atom. The highest BCUT2D eigenvalue weighted by Gasteiger charge is 2.40. The molecule has 2 heterocycles. The van der Waals surface area contributed by atoms with Gasteiger partial charge in [0.25, 0.3) is 5.91 Å². The Morgan fingerprint density at radius 2 is 1.81 bits per heavy atom. The van der Waals surface area contributed by atoms with Gasteiger partial charge in [0.15, 0.2) is 11.4 Å². The summed E-state index contributed by atoms with van der Waals surface area (Å²) >= 11 is 0. The van der Waals surface area contributed by atoms with Gasteiger partial charge in [0.2, 0.25) is 5.43 Å². The number of aliphatic hydroxyl groups excluding tert-OH is 1. The van der Waals surface area contributed by atoms with Crippen LogP contribution in [0.4, 0.5) is 0 Å². The van der Waals surface area contributed by atoms with Crippen molar-refractivity contribution in [3.63, 3.8) is 0 Å². The predicted octanol–water partition coefficient (Wildman–Crippen LogP) is 1.44. The zero-order chi connectivity index (χ0) is 19.0. The molecule has 0 fully saturated rings. The number of amides is 1. The van der Waals surface area contributed by atoms with Crippen molar-refractivity contribution < 1.29 is 15.0 Å². The predicted molar refractivity (Wildman–Crippen MR) is 97.6 cm³/mol. The molecule has 0 bridgehead atoms. The molecule has 1 aliphatic rings. The van der Waals surface area contributed by atoms with Crippen LogP contribution in [0.1, 0.15) is 42.4 Å². The van der Waals surface area contributed by atoms with E-state index in [9.17, 15) is 19.8 Å². The van der Waals surface area contributed by atoms with Gasteiger partial charge in [-0.15, -0.1) is 0 Å². The summed E-state index contributed by atoms with van der Waals surface area (Å²) in [4.78, 5) is 26.0. The van der Waals surface area contributed by atoms with E-state index < -0.39 is 35.4 Å². The summed E-state index contributed by atoms with van der Waals surface area (Å²) in [6.07, 6.45) is 0.859. The van der Waals surface area contributed by atoms with Crippen LogP contribution in [0.2, 0.25) is 0 Å². The number of benzene rings is 1. The smallest absolute Gasteiger partial charge is 0.277 e. The maximum Gasteiger partial charge on any atom is 0.277 e. The molecule has 2 aromatic rings. The van der Waals surface area contributed by atoms with Gasteiger partial charge in [-0.05, 0) is 18.9 Å². The van der Waals surface area contributed by atoms with Crippen LogP contribution in [0, 0.1) is 0 Å². The highest BCUT2D eigenvalue weighted by molar-refractivity contribution is 5.96. The van der Waals surface area contributed by atoms with E-state index in [0.717, 1.165) is 5.56 Å². The highest BCUT2D eigenvalue weighted by atomic mass is 16.3. The lowest BCUT2D eigenvalue weighted by molar-refractivity contribution is 0.0539. The monoisotopic (exact) mass is 357 g/mol. The van der Waals surface area contributed by atoms with Crippen molar-refractivity contribution in [1.29, 1.82) is 0 Å². The summed E-state index contributed by atoms with van der Waals surface area (Å²) in [6.45, 7) is 3.72. The van der Waals surface area contributed by atoms with Crippen LogP contribution in [0.5, 0.6) is 5.75 Å². The Bertz CT molecular complexity index is 865. The molecule has 7 nitrogen and oxygen atoms in total. The topological polar surface area (TPSA) is 86.0 Å². The van der Waals surface area contributed by atoms with Crippen LogP contribution in [0.3, 0.4) is 0 Å². The Morgan fingerprint density at radius 3 is 2.42 bits per heavy atom. The van der Waals surface area contributed by atoms with Gasteiger partial charge in [0.1, 0.15) is 6.17 Å². The number of carbonyl (C=O) groups is 1. The molecule has 1 aromatic heterocycles. The Balaban J connectivity index is 2.25. The van der Waals surface area contributed by atoms with Crippen molar-refractivity contribution in [3.05, 3.63) is 64.1 Å². The summed E-state index contributed by atoms with van der Waals surface area (Å²) in [5, 5.41) is 22.8. The van der Waals surface area contributed by atoms with E-state index in [-0.39, 0.29) is 5.69 Å². The van der Waals surface area contributed by atoms with Crippen LogP contribution in [0.25, 0.3) is 0 Å². The van der Waals surface area contributed by atoms with E-state index >= 15 is 0 Å². The second-order valence-corrected chi connectivity index (χ2v) is 6.48. The number of aliphatic hydroxyl groups is 1. The van der Waals surface area contributed by atoms with E-state index in [1.807, 2.05) is 49.2 Å². The normalized spacial score (nSPS) is 19.2. The van der Waals surface area contributed by atoms with Crippen molar-refractivity contribution in [1.82, 2.24) is 9.58 Å². The molecule has 0 radical (unpaired) electrons. The van der Waals surface area contributed by atoms with E-state index in [2.05, 4.69) is 0 Å². The van der Waals surface area contributed by atoms with Crippen LogP contribution >= 0.6 is 0 Å². The van der Waals surface area contributed by atoms with E-state index in [1.54, 1.807) is 7.05 Å². The van der Waals surface area contributed by atoms with Crippen LogP contribution in [0.15, 0.2) is 47.4 Å². The first-order valence-electron chi connectivity index (χ1n) is 8.61. The lowest BCUT2D eigenvalue weighted by Gasteiger charge is -2.48. The summed E-state index contributed by atoms with van der Waals surface area (Å²) < 4.78 is 1.49. The molecule has 0 aliphatic carbocycles. The van der Waals surface area contributed by atoms with Gasteiger partial charge in [0, 0.05) is 19.3 Å². The zero-order valence-corrected chi connectivity index (χ0v) is 15.0. The fourth-order valence-corrected chi connectivity index (χ4v) is 3.39. The zero-order valence-electron chi connectivity index (χ0n) is 15.0. The van der Waals surface area contributed by atoms with Gasteiger partial charge in [-0.25, -0.2) is 0 Å². The van der Waals surface area contributed by atoms with Crippen molar-refractivity contribution >= 4 is 5.91 Å². The summed E-state index contributed by atoms with van der Waals surface area (Å²) in [5.74, 6) is -1.03. The maximum absolute atomic E-state index is 12.7. The number of aromatic hydroxyl groups is 1. The molecule has 0 spiro atoms. The third-order valence-corrected chi connectivity index (χ3v) is 4.98. The number of hydrogen-bond acceptors (Lipinski definition) is 5. The first kappa shape index (κ1) is 18.0. The van der Waals surface area contributed by atoms with E-state index in [1.165, 1.54) is 21.8 Å². The minimum atomic E-state index is -0.712. The molecular formula is C19H23N3O4. The molecule has 7 heteroatoms. The Labute approximate surface area is 151 Å². The number of pyridine rings is 1. The Kier molecular flexibility index (Phi) is 4.73. The van der Waals surface area contributed by atoms with Gasteiger partial charge in [0.05, 0.1) is 12.1 Å². The molecule has 26 heavy (non-hydrogen) atoms. The first-order valence-corrected chi connectivity index (χ1v) is 8.61. The van der Waals surface area contributed by atoms with Gasteiger partial charge >= 0.3 is 0 Å². The third kappa shape index (κ3) is 2.74. The van der Waals surface area contributed by atoms with Crippen molar-refractivity contribution in [2.24, 2.45) is 0 Å². The molecule has 1 aromatic carbocycles. The standard InChI is InChI=1S/C19H23N3O4/c1-4-14(23)16(13-8-6-5-7-9-13)22-12(2)20(3)19(26)17-18(25)15(24)10-11-21(17)22/h5-12,14,16,23,25H,4H2,1-3H3/t12-,14+,16+/m0/s1. The second-order valence-electron chi connectivity index (χ2n) is 6.48. The SMILES string of the molecule is CC[C@@H](O)[C@@H](c1ccccc1)N1[C@@H](C)N(C)C(=O)c2c(O)c(=O)ccn21. The molecule has 0 saturated heterocycles. The van der Waals surface area contributed by atoms with Gasteiger partial charge < -0.3 is 15.1 Å². The maximum atomic E-state index is 12.7. The van der Waals surface area contributed by atoms with Gasteiger partial charge in [-0.2, -0.15) is 0 Å². The average Bonchev–Trinajstić information content (AvgIpc) is 2.66. The number of carbonyl (C=O) groups excluding carboxylic acids is 1. The number of hydrogen-bond donors (Lipinski definition) is 2. The number of rotatable bonds is 4. The third-order valence-electron chi connectivity index (χ3n) is 4.98.